The molecule has 0 saturated heterocycles. The summed E-state index contributed by atoms with van der Waals surface area (Å²) >= 11 is 0. The number of likely N-dealkylation sites (N-methyl/N-ethyl adjacent to an activating group) is 1. The van der Waals surface area contributed by atoms with E-state index in [4.69, 9.17) is 5.73 Å². The maximum absolute atomic E-state index is 9.30. The van der Waals surface area contributed by atoms with Crippen molar-refractivity contribution < 1.29 is 0 Å². The standard InChI is InChI=1S/C15H21N3/c1-11-4-7-14(12(2)8-11)18(3)10-15(17,9-16)13-5-6-13/h4,7-8,13H,5-6,10,17H2,1-3H3. The molecule has 0 amide bonds. The molecule has 1 aliphatic rings. The molecule has 1 atom stereocenters. The molecule has 1 aromatic carbocycles. The number of nitrogens with two attached hydrogens (primary N) is 1. The van der Waals surface area contributed by atoms with Gasteiger partial charge in [-0.2, -0.15) is 5.26 Å². The number of hydrogen-bond acceptors (Lipinski definition) is 3. The van der Waals surface area contributed by atoms with E-state index in [1.807, 2.05) is 7.05 Å². The van der Waals surface area contributed by atoms with E-state index in [1.54, 1.807) is 0 Å². The van der Waals surface area contributed by atoms with Gasteiger partial charge in [-0.3, -0.25) is 0 Å². The molecule has 1 aromatic rings. The van der Waals surface area contributed by atoms with Crippen LogP contribution in [0.15, 0.2) is 18.2 Å². The quantitative estimate of drug-likeness (QED) is 0.883. The molecule has 1 fully saturated rings. The van der Waals surface area contributed by atoms with Gasteiger partial charge in [-0.25, -0.2) is 0 Å². The number of benzene rings is 1. The highest BCUT2D eigenvalue weighted by Gasteiger charge is 2.43. The number of nitriles is 1. The molecule has 0 radical (unpaired) electrons. The Hall–Kier alpha value is -1.53. The molecule has 1 unspecified atom stereocenters. The Labute approximate surface area is 109 Å². The number of nitrogens with zero attached hydrogens (tertiary/aromatic N) is 2. The van der Waals surface area contributed by atoms with Crippen LogP contribution in [0.25, 0.3) is 0 Å². The Bertz CT molecular complexity index is 485. The van der Waals surface area contributed by atoms with E-state index in [0.29, 0.717) is 12.5 Å². The highest BCUT2D eigenvalue weighted by Crippen LogP contribution is 2.38. The van der Waals surface area contributed by atoms with Crippen LogP contribution in [-0.2, 0) is 0 Å². The highest BCUT2D eigenvalue weighted by atomic mass is 15.1. The van der Waals surface area contributed by atoms with Crippen molar-refractivity contribution in [1.82, 2.24) is 0 Å². The van der Waals surface area contributed by atoms with Gasteiger partial charge in [-0.15, -0.1) is 0 Å². The van der Waals surface area contributed by atoms with E-state index in [2.05, 4.69) is 43.0 Å². The van der Waals surface area contributed by atoms with Gasteiger partial charge >= 0.3 is 0 Å². The lowest BCUT2D eigenvalue weighted by Crippen LogP contribution is -2.50. The van der Waals surface area contributed by atoms with E-state index in [9.17, 15) is 5.26 Å². The Balaban J connectivity index is 2.16. The second-order valence-electron chi connectivity index (χ2n) is 5.57. The molecule has 0 aliphatic heterocycles. The molecule has 3 heteroatoms. The van der Waals surface area contributed by atoms with Gasteiger partial charge in [0.2, 0.25) is 0 Å². The Morgan fingerprint density at radius 3 is 2.61 bits per heavy atom. The summed E-state index contributed by atoms with van der Waals surface area (Å²) in [6.07, 6.45) is 2.18. The monoisotopic (exact) mass is 243 g/mol. The average Bonchev–Trinajstić information content (AvgIpc) is 3.12. The lowest BCUT2D eigenvalue weighted by Gasteiger charge is -2.30. The molecular formula is C15H21N3. The summed E-state index contributed by atoms with van der Waals surface area (Å²) in [6.45, 7) is 4.78. The van der Waals surface area contributed by atoms with Crippen molar-refractivity contribution >= 4 is 5.69 Å². The summed E-state index contributed by atoms with van der Waals surface area (Å²) in [5.41, 5.74) is 9.16. The molecule has 2 N–H and O–H groups in total. The fourth-order valence-electron chi connectivity index (χ4n) is 2.57. The summed E-state index contributed by atoms with van der Waals surface area (Å²) in [4.78, 5) is 2.11. The fourth-order valence-corrected chi connectivity index (χ4v) is 2.57. The second kappa shape index (κ2) is 4.62. The first-order valence-corrected chi connectivity index (χ1v) is 6.45. The third-order valence-electron chi connectivity index (χ3n) is 3.78. The number of hydrogen-bond donors (Lipinski definition) is 1. The van der Waals surface area contributed by atoms with Crippen LogP contribution in [0.1, 0.15) is 24.0 Å². The summed E-state index contributed by atoms with van der Waals surface area (Å²) in [6, 6.07) is 8.67. The Morgan fingerprint density at radius 2 is 2.11 bits per heavy atom. The van der Waals surface area contributed by atoms with E-state index < -0.39 is 5.54 Å². The third kappa shape index (κ3) is 2.49. The van der Waals surface area contributed by atoms with Crippen molar-refractivity contribution in [2.24, 2.45) is 11.7 Å². The summed E-state index contributed by atoms with van der Waals surface area (Å²) in [5, 5.41) is 9.30. The maximum atomic E-state index is 9.30. The first-order chi connectivity index (χ1) is 8.46. The lowest BCUT2D eigenvalue weighted by molar-refractivity contribution is 0.476. The average molecular weight is 243 g/mol. The van der Waals surface area contributed by atoms with Crippen molar-refractivity contribution in [3.8, 4) is 6.07 Å². The van der Waals surface area contributed by atoms with Crippen LogP contribution in [0, 0.1) is 31.1 Å². The summed E-state index contributed by atoms with van der Waals surface area (Å²) < 4.78 is 0. The molecule has 3 nitrogen and oxygen atoms in total. The van der Waals surface area contributed by atoms with Gasteiger partial charge in [0.15, 0.2) is 0 Å². The van der Waals surface area contributed by atoms with Gasteiger partial charge < -0.3 is 10.6 Å². The van der Waals surface area contributed by atoms with Gasteiger partial charge in [0.25, 0.3) is 0 Å². The molecule has 1 aliphatic carbocycles. The van der Waals surface area contributed by atoms with Crippen LogP contribution in [-0.4, -0.2) is 19.1 Å². The van der Waals surface area contributed by atoms with Crippen LogP contribution in [0.5, 0.6) is 0 Å². The molecule has 1 saturated carbocycles. The van der Waals surface area contributed by atoms with Crippen LogP contribution >= 0.6 is 0 Å². The number of anilines is 1. The van der Waals surface area contributed by atoms with Crippen LogP contribution < -0.4 is 10.6 Å². The minimum absolute atomic E-state index is 0.371. The van der Waals surface area contributed by atoms with E-state index in [1.165, 1.54) is 11.1 Å². The molecular weight excluding hydrogens is 222 g/mol. The van der Waals surface area contributed by atoms with E-state index in [-0.39, 0.29) is 0 Å². The second-order valence-corrected chi connectivity index (χ2v) is 5.57. The zero-order chi connectivity index (χ0) is 13.3. The molecule has 2 rings (SSSR count). The molecule has 18 heavy (non-hydrogen) atoms. The minimum Gasteiger partial charge on any atom is -0.371 e. The molecule has 0 spiro atoms. The Morgan fingerprint density at radius 1 is 1.44 bits per heavy atom. The van der Waals surface area contributed by atoms with Crippen LogP contribution in [0.3, 0.4) is 0 Å². The molecule has 0 aromatic heterocycles. The van der Waals surface area contributed by atoms with Gasteiger partial charge in [0.1, 0.15) is 5.54 Å². The molecule has 96 valence electrons. The van der Waals surface area contributed by atoms with E-state index >= 15 is 0 Å². The Kier molecular flexibility index (Phi) is 3.32. The third-order valence-corrected chi connectivity index (χ3v) is 3.78. The summed E-state index contributed by atoms with van der Waals surface area (Å²) in [7, 11) is 2.01. The molecule has 0 bridgehead atoms. The van der Waals surface area contributed by atoms with Gasteiger partial charge in [0.05, 0.1) is 6.07 Å². The minimum atomic E-state index is -0.702. The fraction of sp³-hybridized carbons (Fsp3) is 0.533. The normalized spacial score (nSPS) is 17.9. The van der Waals surface area contributed by atoms with Gasteiger partial charge in [0, 0.05) is 19.3 Å². The number of aryl methyl sites for hydroxylation is 2. The summed E-state index contributed by atoms with van der Waals surface area (Å²) in [5.74, 6) is 0.371. The number of rotatable bonds is 4. The van der Waals surface area contributed by atoms with Crippen molar-refractivity contribution in [3.05, 3.63) is 29.3 Å². The van der Waals surface area contributed by atoms with Crippen LogP contribution in [0.2, 0.25) is 0 Å². The predicted octanol–water partition coefficient (Wildman–Crippen LogP) is 2.37. The van der Waals surface area contributed by atoms with Crippen molar-refractivity contribution in [2.45, 2.75) is 32.2 Å². The smallest absolute Gasteiger partial charge is 0.124 e. The zero-order valence-corrected chi connectivity index (χ0v) is 11.4. The van der Waals surface area contributed by atoms with Crippen LogP contribution in [0.4, 0.5) is 5.69 Å². The van der Waals surface area contributed by atoms with Crippen molar-refractivity contribution in [2.75, 3.05) is 18.5 Å². The predicted molar refractivity (Wildman–Crippen MR) is 74.4 cm³/mol. The topological polar surface area (TPSA) is 53.0 Å². The highest BCUT2D eigenvalue weighted by molar-refractivity contribution is 5.54. The van der Waals surface area contributed by atoms with Crippen molar-refractivity contribution in [1.29, 1.82) is 5.26 Å². The zero-order valence-electron chi connectivity index (χ0n) is 11.4. The lowest BCUT2D eigenvalue weighted by atomic mass is 9.95. The van der Waals surface area contributed by atoms with Crippen molar-refractivity contribution in [3.63, 3.8) is 0 Å². The SMILES string of the molecule is Cc1ccc(N(C)CC(N)(C#N)C2CC2)c(C)c1. The first-order valence-electron chi connectivity index (χ1n) is 6.45. The van der Waals surface area contributed by atoms with E-state index in [0.717, 1.165) is 18.5 Å². The van der Waals surface area contributed by atoms with Gasteiger partial charge in [-0.1, -0.05) is 17.7 Å². The first kappa shape index (κ1) is 12.9. The molecule has 0 heterocycles. The largest absolute Gasteiger partial charge is 0.371 e. The van der Waals surface area contributed by atoms with Gasteiger partial charge in [-0.05, 0) is 44.2 Å². The maximum Gasteiger partial charge on any atom is 0.124 e.